The van der Waals surface area contributed by atoms with E-state index in [1.165, 1.54) is 0 Å². The fourth-order valence-corrected chi connectivity index (χ4v) is 2.52. The monoisotopic (exact) mass is 290 g/mol. The third-order valence-corrected chi connectivity index (χ3v) is 3.55. The molecule has 3 aromatic heterocycles. The van der Waals surface area contributed by atoms with Gasteiger partial charge in [-0.2, -0.15) is 0 Å². The first-order valence-electron chi connectivity index (χ1n) is 7.09. The Morgan fingerprint density at radius 1 is 1.14 bits per heavy atom. The number of fused-ring (bicyclic) bond motifs is 1. The summed E-state index contributed by atoms with van der Waals surface area (Å²) in [6.07, 6.45) is 3.69. The third kappa shape index (κ3) is 2.26. The van der Waals surface area contributed by atoms with Crippen molar-refractivity contribution in [1.29, 1.82) is 0 Å². The van der Waals surface area contributed by atoms with Crippen molar-refractivity contribution in [3.8, 4) is 11.5 Å². The lowest BCUT2D eigenvalue weighted by molar-refractivity contribution is 0.373. The number of para-hydroxylation sites is 1. The summed E-state index contributed by atoms with van der Waals surface area (Å²) in [6, 6.07) is 14.0. The lowest BCUT2D eigenvalue weighted by atomic mass is 10.2. The Hall–Kier alpha value is -2.95. The minimum atomic E-state index is 0.588. The summed E-state index contributed by atoms with van der Waals surface area (Å²) in [5.74, 6) is 1.62. The van der Waals surface area contributed by atoms with Crippen LogP contribution in [0.15, 0.2) is 59.4 Å². The first-order valence-corrected chi connectivity index (χ1v) is 7.09. The number of aryl methyl sites for hydroxylation is 1. The zero-order valence-corrected chi connectivity index (χ0v) is 12.1. The number of benzene rings is 1. The Morgan fingerprint density at radius 2 is 2.05 bits per heavy atom. The van der Waals surface area contributed by atoms with E-state index in [1.54, 1.807) is 6.20 Å². The van der Waals surface area contributed by atoms with Gasteiger partial charge >= 0.3 is 0 Å². The van der Waals surface area contributed by atoms with Gasteiger partial charge in [0.2, 0.25) is 0 Å². The van der Waals surface area contributed by atoms with Gasteiger partial charge < -0.3 is 9.09 Å². The number of nitrogens with zero attached hydrogens (tertiary/aromatic N) is 4. The van der Waals surface area contributed by atoms with Gasteiger partial charge in [-0.25, -0.2) is 9.97 Å². The minimum absolute atomic E-state index is 0.588. The van der Waals surface area contributed by atoms with Crippen LogP contribution >= 0.6 is 0 Å². The van der Waals surface area contributed by atoms with E-state index in [2.05, 4.69) is 22.3 Å². The molecule has 0 saturated carbocycles. The van der Waals surface area contributed by atoms with Gasteiger partial charge in [0, 0.05) is 23.8 Å². The van der Waals surface area contributed by atoms with E-state index in [0.29, 0.717) is 6.54 Å². The Balaban J connectivity index is 1.74. The molecule has 22 heavy (non-hydrogen) atoms. The molecule has 5 heteroatoms. The van der Waals surface area contributed by atoms with Crippen molar-refractivity contribution in [2.24, 2.45) is 0 Å². The number of hydrogen-bond acceptors (Lipinski definition) is 4. The van der Waals surface area contributed by atoms with Crippen molar-refractivity contribution in [3.05, 3.63) is 66.3 Å². The van der Waals surface area contributed by atoms with Gasteiger partial charge in [-0.1, -0.05) is 29.4 Å². The zero-order chi connectivity index (χ0) is 14.9. The summed E-state index contributed by atoms with van der Waals surface area (Å²) in [5.41, 5.74) is 2.69. The van der Waals surface area contributed by atoms with Gasteiger partial charge in [0.15, 0.2) is 11.6 Å². The highest BCUT2D eigenvalue weighted by Crippen LogP contribution is 2.20. The molecular formula is C17H14N4O. The molecule has 4 rings (SSSR count). The first kappa shape index (κ1) is 12.8. The van der Waals surface area contributed by atoms with Crippen LogP contribution in [-0.2, 0) is 6.54 Å². The molecule has 0 saturated heterocycles. The average molecular weight is 290 g/mol. The van der Waals surface area contributed by atoms with Crippen LogP contribution in [0, 0.1) is 6.92 Å². The highest BCUT2D eigenvalue weighted by atomic mass is 16.5. The second-order valence-electron chi connectivity index (χ2n) is 5.20. The Morgan fingerprint density at radius 3 is 2.91 bits per heavy atom. The maximum absolute atomic E-state index is 5.28. The van der Waals surface area contributed by atoms with Crippen molar-refractivity contribution < 1.29 is 4.52 Å². The van der Waals surface area contributed by atoms with Crippen molar-refractivity contribution in [3.63, 3.8) is 0 Å². The standard InChI is InChI=1S/C17H14N4O/c1-12-10-14(22-20-12)11-21-9-8-18-17(21)16-7-6-13-4-2-3-5-15(13)19-16/h2-10H,11H2,1H3. The summed E-state index contributed by atoms with van der Waals surface area (Å²) < 4.78 is 7.29. The van der Waals surface area contributed by atoms with E-state index in [0.717, 1.165) is 33.9 Å². The van der Waals surface area contributed by atoms with Gasteiger partial charge in [-0.05, 0) is 19.1 Å². The smallest absolute Gasteiger partial charge is 0.159 e. The van der Waals surface area contributed by atoms with Gasteiger partial charge in [0.05, 0.1) is 17.8 Å². The summed E-state index contributed by atoms with van der Waals surface area (Å²) in [6.45, 7) is 2.50. The van der Waals surface area contributed by atoms with Gasteiger partial charge in [-0.15, -0.1) is 0 Å². The van der Waals surface area contributed by atoms with E-state index in [9.17, 15) is 0 Å². The summed E-state index contributed by atoms with van der Waals surface area (Å²) in [4.78, 5) is 9.13. The lowest BCUT2D eigenvalue weighted by Gasteiger charge is -2.06. The summed E-state index contributed by atoms with van der Waals surface area (Å²) >= 11 is 0. The van der Waals surface area contributed by atoms with Crippen LogP contribution in [-0.4, -0.2) is 19.7 Å². The van der Waals surface area contributed by atoms with Crippen LogP contribution in [0.25, 0.3) is 22.4 Å². The largest absolute Gasteiger partial charge is 0.359 e. The van der Waals surface area contributed by atoms with Crippen molar-refractivity contribution >= 4 is 10.9 Å². The number of imidazole rings is 1. The molecule has 0 bridgehead atoms. The molecule has 0 N–H and O–H groups in total. The molecule has 0 amide bonds. The number of rotatable bonds is 3. The molecule has 0 fully saturated rings. The van der Waals surface area contributed by atoms with E-state index < -0.39 is 0 Å². The van der Waals surface area contributed by atoms with Crippen LogP contribution in [0.4, 0.5) is 0 Å². The molecule has 0 aliphatic rings. The molecule has 0 spiro atoms. The minimum Gasteiger partial charge on any atom is -0.359 e. The van der Waals surface area contributed by atoms with Crippen LogP contribution in [0.5, 0.6) is 0 Å². The number of pyridine rings is 1. The van der Waals surface area contributed by atoms with E-state index in [1.807, 2.05) is 48.0 Å². The molecule has 0 aliphatic heterocycles. The maximum atomic E-state index is 5.28. The van der Waals surface area contributed by atoms with E-state index in [4.69, 9.17) is 9.51 Å². The molecule has 5 nitrogen and oxygen atoms in total. The predicted octanol–water partition coefficient (Wildman–Crippen LogP) is 3.44. The Kier molecular flexibility index (Phi) is 2.96. The highest BCUT2D eigenvalue weighted by molar-refractivity contribution is 5.80. The third-order valence-electron chi connectivity index (χ3n) is 3.55. The van der Waals surface area contributed by atoms with Crippen LogP contribution < -0.4 is 0 Å². The van der Waals surface area contributed by atoms with Gasteiger partial charge in [-0.3, -0.25) is 0 Å². The highest BCUT2D eigenvalue weighted by Gasteiger charge is 2.10. The van der Waals surface area contributed by atoms with Gasteiger partial charge in [0.25, 0.3) is 0 Å². The van der Waals surface area contributed by atoms with Crippen LogP contribution in [0.1, 0.15) is 11.5 Å². The number of aromatic nitrogens is 4. The first-order chi connectivity index (χ1) is 10.8. The Bertz CT molecular complexity index is 938. The SMILES string of the molecule is Cc1cc(Cn2ccnc2-c2ccc3ccccc3n2)on1. The van der Waals surface area contributed by atoms with E-state index in [-0.39, 0.29) is 0 Å². The fourth-order valence-electron chi connectivity index (χ4n) is 2.52. The summed E-state index contributed by atoms with van der Waals surface area (Å²) in [7, 11) is 0. The predicted molar refractivity (Wildman–Crippen MR) is 83.3 cm³/mol. The molecule has 0 radical (unpaired) electrons. The normalized spacial score (nSPS) is 11.1. The van der Waals surface area contributed by atoms with Crippen molar-refractivity contribution in [2.75, 3.05) is 0 Å². The molecular weight excluding hydrogens is 276 g/mol. The van der Waals surface area contributed by atoms with Crippen molar-refractivity contribution in [2.45, 2.75) is 13.5 Å². The Labute approximate surface area is 127 Å². The van der Waals surface area contributed by atoms with Crippen LogP contribution in [0.3, 0.4) is 0 Å². The van der Waals surface area contributed by atoms with Crippen molar-refractivity contribution in [1.82, 2.24) is 19.7 Å². The molecule has 4 aromatic rings. The number of hydrogen-bond donors (Lipinski definition) is 0. The quantitative estimate of drug-likeness (QED) is 0.580. The maximum Gasteiger partial charge on any atom is 0.159 e. The molecule has 0 aliphatic carbocycles. The van der Waals surface area contributed by atoms with Gasteiger partial charge in [0.1, 0.15) is 5.69 Å². The second-order valence-corrected chi connectivity index (χ2v) is 5.20. The molecule has 0 atom stereocenters. The second kappa shape index (κ2) is 5.11. The molecule has 0 unspecified atom stereocenters. The van der Waals surface area contributed by atoms with Crippen LogP contribution in [0.2, 0.25) is 0 Å². The van der Waals surface area contributed by atoms with E-state index >= 15 is 0 Å². The fraction of sp³-hybridized carbons (Fsp3) is 0.118. The average Bonchev–Trinajstić information content (AvgIpc) is 3.16. The lowest BCUT2D eigenvalue weighted by Crippen LogP contribution is -2.01. The topological polar surface area (TPSA) is 56.7 Å². The zero-order valence-electron chi connectivity index (χ0n) is 12.1. The molecule has 3 heterocycles. The molecule has 1 aromatic carbocycles. The summed E-state index contributed by atoms with van der Waals surface area (Å²) in [5, 5.41) is 5.04. The molecule has 108 valence electrons.